The number of rotatable bonds is 3. The number of aromatic nitrogens is 1. The smallest absolute Gasteiger partial charge is 0.433 e. The Morgan fingerprint density at radius 1 is 1.10 bits per heavy atom. The van der Waals surface area contributed by atoms with E-state index in [-0.39, 0.29) is 11.8 Å². The summed E-state index contributed by atoms with van der Waals surface area (Å²) in [6, 6.07) is 2.93. The number of hydrogen-bond acceptors (Lipinski definition) is 3. The highest BCUT2D eigenvalue weighted by Gasteiger charge is 2.32. The Balaban J connectivity index is 2.37. The minimum Gasteiger partial charge on any atom is -0.451 e. The summed E-state index contributed by atoms with van der Waals surface area (Å²) in [6.07, 6.45) is -3.68. The summed E-state index contributed by atoms with van der Waals surface area (Å²) in [5.41, 5.74) is -1.52. The quantitative estimate of drug-likeness (QED) is 0.636. The van der Waals surface area contributed by atoms with Crippen LogP contribution in [0.1, 0.15) is 16.1 Å². The summed E-state index contributed by atoms with van der Waals surface area (Å²) in [6.45, 7) is 0. The molecule has 1 aromatic carbocycles. The maximum absolute atomic E-state index is 13.6. The van der Waals surface area contributed by atoms with Crippen molar-refractivity contribution in [1.82, 2.24) is 4.98 Å². The van der Waals surface area contributed by atoms with Gasteiger partial charge in [-0.2, -0.15) is 13.2 Å². The molecule has 0 bridgehead atoms. The Kier molecular flexibility index (Phi) is 3.88. The first-order valence-corrected chi connectivity index (χ1v) is 5.46. The number of hydrogen-bond donors (Lipinski definition) is 0. The van der Waals surface area contributed by atoms with Crippen LogP contribution in [0.5, 0.6) is 11.5 Å². The van der Waals surface area contributed by atoms with Crippen LogP contribution in [0, 0.1) is 11.6 Å². The van der Waals surface area contributed by atoms with Gasteiger partial charge in [0.15, 0.2) is 17.4 Å². The van der Waals surface area contributed by atoms with Gasteiger partial charge in [0.05, 0.1) is 0 Å². The fourth-order valence-electron chi connectivity index (χ4n) is 1.49. The van der Waals surface area contributed by atoms with Crippen LogP contribution in [0.3, 0.4) is 0 Å². The molecule has 0 fully saturated rings. The van der Waals surface area contributed by atoms with Gasteiger partial charge in [-0.15, -0.1) is 0 Å². The molecule has 2 aromatic rings. The summed E-state index contributed by atoms with van der Waals surface area (Å²) >= 11 is 0. The predicted octanol–water partition coefficient (Wildman–Crippen LogP) is 3.98. The topological polar surface area (TPSA) is 39.2 Å². The molecule has 3 nitrogen and oxygen atoms in total. The third kappa shape index (κ3) is 3.33. The number of alkyl halides is 3. The zero-order valence-electron chi connectivity index (χ0n) is 10.1. The van der Waals surface area contributed by atoms with Crippen LogP contribution in [0.4, 0.5) is 22.0 Å². The first-order valence-electron chi connectivity index (χ1n) is 5.46. The molecule has 0 aliphatic rings. The van der Waals surface area contributed by atoms with Gasteiger partial charge in [-0.05, 0) is 18.2 Å². The van der Waals surface area contributed by atoms with Crippen molar-refractivity contribution in [3.8, 4) is 11.5 Å². The molecule has 1 aromatic heterocycles. The number of ether oxygens (including phenoxy) is 1. The molecule has 0 aliphatic heterocycles. The highest BCUT2D eigenvalue weighted by atomic mass is 19.4. The van der Waals surface area contributed by atoms with Crippen LogP contribution < -0.4 is 4.74 Å². The average Bonchev–Trinajstić information content (AvgIpc) is 2.42. The minimum atomic E-state index is -4.71. The maximum Gasteiger partial charge on any atom is 0.433 e. The van der Waals surface area contributed by atoms with Crippen molar-refractivity contribution in [1.29, 1.82) is 0 Å². The van der Waals surface area contributed by atoms with E-state index >= 15 is 0 Å². The minimum absolute atomic E-state index is 0.226. The van der Waals surface area contributed by atoms with E-state index in [1.807, 2.05) is 0 Å². The molecule has 110 valence electrons. The zero-order valence-corrected chi connectivity index (χ0v) is 10.1. The molecule has 0 unspecified atom stereocenters. The third-order valence-electron chi connectivity index (χ3n) is 2.40. The second-order valence-corrected chi connectivity index (χ2v) is 3.91. The normalized spacial score (nSPS) is 11.3. The Morgan fingerprint density at radius 3 is 2.24 bits per heavy atom. The number of carbonyl (C=O) groups is 1. The van der Waals surface area contributed by atoms with Gasteiger partial charge in [0.1, 0.15) is 17.7 Å². The molecule has 8 heteroatoms. The number of pyridine rings is 1. The van der Waals surface area contributed by atoms with Crippen LogP contribution in [0.25, 0.3) is 0 Å². The lowest BCUT2D eigenvalue weighted by atomic mass is 10.2. The fraction of sp³-hybridized carbons (Fsp3) is 0.0769. The van der Waals surface area contributed by atoms with Crippen molar-refractivity contribution in [2.75, 3.05) is 0 Å². The molecule has 0 atom stereocenters. The van der Waals surface area contributed by atoms with Gasteiger partial charge in [-0.1, -0.05) is 0 Å². The Morgan fingerprint density at radius 2 is 1.71 bits per heavy atom. The van der Waals surface area contributed by atoms with Gasteiger partial charge < -0.3 is 4.74 Å². The van der Waals surface area contributed by atoms with Gasteiger partial charge in [-0.25, -0.2) is 8.78 Å². The van der Waals surface area contributed by atoms with Crippen molar-refractivity contribution >= 4 is 6.29 Å². The standard InChI is InChI=1S/C13H6F5NO2/c14-9-3-7(6-20)4-10(15)12(9)21-8-1-2-19-11(5-8)13(16,17)18/h1-6H. The van der Waals surface area contributed by atoms with Crippen LogP contribution in [-0.4, -0.2) is 11.3 Å². The van der Waals surface area contributed by atoms with E-state index < -0.39 is 35.0 Å². The fourth-order valence-corrected chi connectivity index (χ4v) is 1.49. The van der Waals surface area contributed by atoms with Crippen molar-refractivity contribution in [3.05, 3.63) is 53.4 Å². The Hall–Kier alpha value is -2.51. The molecular weight excluding hydrogens is 297 g/mol. The molecule has 0 saturated carbocycles. The van der Waals surface area contributed by atoms with Crippen LogP contribution in [0.15, 0.2) is 30.5 Å². The van der Waals surface area contributed by atoms with Gasteiger partial charge in [0.2, 0.25) is 0 Å². The summed E-state index contributed by atoms with van der Waals surface area (Å²) < 4.78 is 69.3. The maximum atomic E-state index is 13.6. The lowest BCUT2D eigenvalue weighted by Crippen LogP contribution is -2.07. The lowest BCUT2D eigenvalue weighted by Gasteiger charge is -2.10. The van der Waals surface area contributed by atoms with E-state index in [9.17, 15) is 26.7 Å². The van der Waals surface area contributed by atoms with Crippen molar-refractivity contribution in [3.63, 3.8) is 0 Å². The van der Waals surface area contributed by atoms with Crippen molar-refractivity contribution < 1.29 is 31.5 Å². The SMILES string of the molecule is O=Cc1cc(F)c(Oc2ccnc(C(F)(F)F)c2)c(F)c1. The molecule has 0 amide bonds. The van der Waals surface area contributed by atoms with E-state index in [0.29, 0.717) is 18.2 Å². The van der Waals surface area contributed by atoms with Crippen molar-refractivity contribution in [2.45, 2.75) is 6.18 Å². The molecule has 2 rings (SSSR count). The highest BCUT2D eigenvalue weighted by molar-refractivity contribution is 5.75. The zero-order chi connectivity index (χ0) is 15.6. The van der Waals surface area contributed by atoms with E-state index in [1.165, 1.54) is 0 Å². The number of nitrogens with zero attached hydrogens (tertiary/aromatic N) is 1. The van der Waals surface area contributed by atoms with Crippen LogP contribution in [-0.2, 0) is 6.18 Å². The number of carbonyl (C=O) groups excluding carboxylic acids is 1. The average molecular weight is 303 g/mol. The Labute approximate surface area is 115 Å². The first kappa shape index (κ1) is 14.9. The van der Waals surface area contributed by atoms with E-state index in [2.05, 4.69) is 4.98 Å². The molecule has 0 saturated heterocycles. The summed E-state index contributed by atoms with van der Waals surface area (Å²) in [5, 5.41) is 0. The summed E-state index contributed by atoms with van der Waals surface area (Å²) in [7, 11) is 0. The Bertz CT molecular complexity index is 661. The second-order valence-electron chi connectivity index (χ2n) is 3.91. The summed E-state index contributed by atoms with van der Waals surface area (Å²) in [5.74, 6) is -3.75. The van der Waals surface area contributed by atoms with Gasteiger partial charge in [0.25, 0.3) is 0 Å². The monoisotopic (exact) mass is 303 g/mol. The molecule has 0 N–H and O–H groups in total. The van der Waals surface area contributed by atoms with Crippen LogP contribution >= 0.6 is 0 Å². The first-order chi connectivity index (χ1) is 9.81. The van der Waals surface area contributed by atoms with Crippen LogP contribution in [0.2, 0.25) is 0 Å². The number of halogens is 5. The molecule has 0 radical (unpaired) electrons. The number of aldehydes is 1. The summed E-state index contributed by atoms with van der Waals surface area (Å²) in [4.78, 5) is 13.5. The number of benzene rings is 1. The van der Waals surface area contributed by atoms with Gasteiger partial charge in [-0.3, -0.25) is 9.78 Å². The lowest BCUT2D eigenvalue weighted by molar-refractivity contribution is -0.141. The van der Waals surface area contributed by atoms with Gasteiger partial charge >= 0.3 is 6.18 Å². The van der Waals surface area contributed by atoms with Gasteiger partial charge in [0, 0.05) is 17.8 Å². The van der Waals surface area contributed by atoms with E-state index in [1.54, 1.807) is 0 Å². The molecule has 1 heterocycles. The second kappa shape index (κ2) is 5.47. The molecule has 0 spiro atoms. The van der Waals surface area contributed by atoms with Crippen molar-refractivity contribution in [2.24, 2.45) is 0 Å². The largest absolute Gasteiger partial charge is 0.451 e. The highest BCUT2D eigenvalue weighted by Crippen LogP contribution is 2.32. The predicted molar refractivity (Wildman–Crippen MR) is 61.1 cm³/mol. The molecule has 21 heavy (non-hydrogen) atoms. The third-order valence-corrected chi connectivity index (χ3v) is 2.40. The van der Waals surface area contributed by atoms with E-state index in [0.717, 1.165) is 12.3 Å². The molecule has 0 aliphatic carbocycles. The van der Waals surface area contributed by atoms with E-state index in [4.69, 9.17) is 4.74 Å². The molecular formula is C13H6F5NO2.